The second-order valence-electron chi connectivity index (χ2n) is 12.4. The summed E-state index contributed by atoms with van der Waals surface area (Å²) >= 11 is 0. The van der Waals surface area contributed by atoms with Crippen molar-refractivity contribution >= 4 is 5.97 Å². The number of carbonyl (C=O) groups excluding carboxylic acids is 1. The van der Waals surface area contributed by atoms with Crippen LogP contribution in [0, 0.1) is 5.41 Å². The summed E-state index contributed by atoms with van der Waals surface area (Å²) in [5.41, 5.74) is -5.05. The van der Waals surface area contributed by atoms with Crippen LogP contribution in [0.1, 0.15) is 73.4 Å². The van der Waals surface area contributed by atoms with Gasteiger partial charge in [0.2, 0.25) is 0 Å². The molecule has 204 valence electrons. The Kier molecular flexibility index (Phi) is 8.03. The van der Waals surface area contributed by atoms with Gasteiger partial charge in [-0.1, -0.05) is 60.7 Å². The Hall–Kier alpha value is -2.25. The van der Waals surface area contributed by atoms with Crippen molar-refractivity contribution in [2.75, 3.05) is 6.61 Å². The summed E-state index contributed by atoms with van der Waals surface area (Å²) in [5.74, 6) is -0.353. The molecule has 3 rings (SSSR count). The fourth-order valence-corrected chi connectivity index (χ4v) is 5.11. The van der Waals surface area contributed by atoms with Crippen molar-refractivity contribution in [3.63, 3.8) is 0 Å². The molecule has 0 spiro atoms. The molecule has 0 saturated carbocycles. The van der Waals surface area contributed by atoms with Crippen LogP contribution in [0.2, 0.25) is 0 Å². The van der Waals surface area contributed by atoms with Crippen LogP contribution < -0.4 is 0 Å². The lowest BCUT2D eigenvalue weighted by atomic mass is 9.58. The maximum absolute atomic E-state index is 12.7. The zero-order valence-electron chi connectivity index (χ0n) is 23.9. The van der Waals surface area contributed by atoms with Crippen molar-refractivity contribution in [1.29, 1.82) is 0 Å². The van der Waals surface area contributed by atoms with Gasteiger partial charge in [0.25, 0.3) is 0 Å². The first-order chi connectivity index (χ1) is 17.0. The van der Waals surface area contributed by atoms with E-state index in [1.807, 2.05) is 95.3 Å². The van der Waals surface area contributed by atoms with Crippen molar-refractivity contribution in [3.05, 3.63) is 71.8 Å². The van der Waals surface area contributed by atoms with Gasteiger partial charge in [-0.15, -0.1) is 0 Å². The number of hydrogen-bond donors (Lipinski definition) is 1. The first-order valence-electron chi connectivity index (χ1n) is 12.9. The molecule has 4 unspecified atom stereocenters. The standard InChI is InChI=1S/C31H44O6/c1-26(2,3)25(32)34-22-28(6)31(9,36-21-24-18-14-11-15-19-24)29(7,33)30(8,27(4,5)37-28)35-20-23-16-12-10-13-17-23/h10-19,33H,20-22H2,1-9H3. The largest absolute Gasteiger partial charge is 0.462 e. The maximum Gasteiger partial charge on any atom is 0.311 e. The monoisotopic (exact) mass is 512 g/mol. The summed E-state index contributed by atoms with van der Waals surface area (Å²) in [7, 11) is 0. The van der Waals surface area contributed by atoms with Gasteiger partial charge in [0, 0.05) is 0 Å². The van der Waals surface area contributed by atoms with Crippen molar-refractivity contribution in [1.82, 2.24) is 0 Å². The van der Waals surface area contributed by atoms with E-state index in [1.54, 1.807) is 27.7 Å². The highest BCUT2D eigenvalue weighted by atomic mass is 16.6. The summed E-state index contributed by atoms with van der Waals surface area (Å²) in [4.78, 5) is 12.7. The lowest BCUT2D eigenvalue weighted by molar-refractivity contribution is -0.416. The molecular weight excluding hydrogens is 468 g/mol. The van der Waals surface area contributed by atoms with E-state index in [4.69, 9.17) is 18.9 Å². The van der Waals surface area contributed by atoms with Gasteiger partial charge in [0.05, 0.1) is 24.2 Å². The van der Waals surface area contributed by atoms with E-state index in [1.165, 1.54) is 0 Å². The maximum atomic E-state index is 12.7. The van der Waals surface area contributed by atoms with Gasteiger partial charge in [-0.05, 0) is 73.4 Å². The molecule has 1 fully saturated rings. The molecule has 0 bridgehead atoms. The van der Waals surface area contributed by atoms with Crippen molar-refractivity contribution in [2.45, 2.75) is 104 Å². The van der Waals surface area contributed by atoms with Gasteiger partial charge >= 0.3 is 5.97 Å². The van der Waals surface area contributed by atoms with E-state index in [0.29, 0.717) is 0 Å². The second kappa shape index (κ2) is 10.1. The highest BCUT2D eigenvalue weighted by Crippen LogP contribution is 2.57. The summed E-state index contributed by atoms with van der Waals surface area (Å²) in [6, 6.07) is 19.6. The number of esters is 1. The average Bonchev–Trinajstić information content (AvgIpc) is 2.83. The van der Waals surface area contributed by atoms with Gasteiger partial charge in [-0.2, -0.15) is 0 Å². The zero-order chi connectivity index (χ0) is 27.8. The summed E-state index contributed by atoms with van der Waals surface area (Å²) in [5, 5.41) is 12.5. The van der Waals surface area contributed by atoms with Crippen molar-refractivity contribution in [3.8, 4) is 0 Å². The number of aliphatic hydroxyl groups is 1. The Bertz CT molecular complexity index is 1060. The third-order valence-electron chi connectivity index (χ3n) is 8.33. The minimum Gasteiger partial charge on any atom is -0.462 e. The molecule has 37 heavy (non-hydrogen) atoms. The topological polar surface area (TPSA) is 74.2 Å². The molecule has 6 nitrogen and oxygen atoms in total. The Morgan fingerprint density at radius 2 is 1.22 bits per heavy atom. The van der Waals surface area contributed by atoms with Crippen LogP contribution in [0.3, 0.4) is 0 Å². The smallest absolute Gasteiger partial charge is 0.311 e. The average molecular weight is 513 g/mol. The number of benzene rings is 2. The van der Waals surface area contributed by atoms with Crippen LogP contribution in [-0.2, 0) is 37.0 Å². The van der Waals surface area contributed by atoms with Gasteiger partial charge in [0.15, 0.2) is 0 Å². The molecule has 4 atom stereocenters. The molecule has 1 saturated heterocycles. The van der Waals surface area contributed by atoms with Crippen LogP contribution in [0.5, 0.6) is 0 Å². The summed E-state index contributed by atoms with van der Waals surface area (Å²) in [6.07, 6.45) is 0. The fourth-order valence-electron chi connectivity index (χ4n) is 5.11. The van der Waals surface area contributed by atoms with E-state index in [0.717, 1.165) is 11.1 Å². The molecule has 2 aromatic carbocycles. The minimum atomic E-state index is -1.58. The second-order valence-corrected chi connectivity index (χ2v) is 12.4. The molecule has 1 aliphatic heterocycles. The first-order valence-corrected chi connectivity index (χ1v) is 12.9. The molecule has 2 aromatic rings. The highest BCUT2D eigenvalue weighted by Gasteiger charge is 2.75. The van der Waals surface area contributed by atoms with Crippen LogP contribution in [0.25, 0.3) is 0 Å². The Morgan fingerprint density at radius 1 is 0.784 bits per heavy atom. The normalized spacial score (nSPS) is 31.6. The first kappa shape index (κ1) is 29.3. The van der Waals surface area contributed by atoms with E-state index in [-0.39, 0.29) is 25.8 Å². The predicted molar refractivity (Wildman–Crippen MR) is 144 cm³/mol. The molecule has 1 aliphatic rings. The number of carbonyl (C=O) groups is 1. The Morgan fingerprint density at radius 3 is 1.65 bits per heavy atom. The van der Waals surface area contributed by atoms with Crippen LogP contribution in [-0.4, -0.2) is 45.7 Å². The highest BCUT2D eigenvalue weighted by molar-refractivity contribution is 5.75. The van der Waals surface area contributed by atoms with E-state index in [2.05, 4.69) is 0 Å². The number of hydrogen-bond acceptors (Lipinski definition) is 6. The SMILES string of the molecule is CC(C)(C)C(=O)OCC1(C)OC(C)(C)C(C)(OCc2ccccc2)C(C)(O)C1(C)OCc1ccccc1. The quantitative estimate of drug-likeness (QED) is 0.448. The summed E-state index contributed by atoms with van der Waals surface area (Å²) < 4.78 is 25.7. The van der Waals surface area contributed by atoms with E-state index in [9.17, 15) is 9.90 Å². The third-order valence-corrected chi connectivity index (χ3v) is 8.33. The van der Waals surface area contributed by atoms with Gasteiger partial charge < -0.3 is 24.1 Å². The number of ether oxygens (including phenoxy) is 4. The molecule has 0 radical (unpaired) electrons. The molecule has 1 heterocycles. The third kappa shape index (κ3) is 5.35. The van der Waals surface area contributed by atoms with Crippen molar-refractivity contribution < 1.29 is 28.8 Å². The lowest BCUT2D eigenvalue weighted by Crippen LogP contribution is -2.85. The van der Waals surface area contributed by atoms with Gasteiger partial charge in [0.1, 0.15) is 29.0 Å². The lowest BCUT2D eigenvalue weighted by Gasteiger charge is -2.67. The van der Waals surface area contributed by atoms with Crippen LogP contribution >= 0.6 is 0 Å². The van der Waals surface area contributed by atoms with Crippen LogP contribution in [0.4, 0.5) is 0 Å². The van der Waals surface area contributed by atoms with E-state index < -0.39 is 33.4 Å². The Balaban J connectivity index is 2.03. The molecule has 0 aliphatic carbocycles. The van der Waals surface area contributed by atoms with Crippen LogP contribution in [0.15, 0.2) is 60.7 Å². The molecular formula is C31H44O6. The fraction of sp³-hybridized carbons (Fsp3) is 0.581. The van der Waals surface area contributed by atoms with Gasteiger partial charge in [-0.3, -0.25) is 4.79 Å². The molecule has 1 N–H and O–H groups in total. The van der Waals surface area contributed by atoms with Gasteiger partial charge in [-0.25, -0.2) is 0 Å². The molecule has 0 amide bonds. The van der Waals surface area contributed by atoms with E-state index >= 15 is 0 Å². The minimum absolute atomic E-state index is 0.0945. The Labute approximate surface area is 222 Å². The number of rotatable bonds is 8. The van der Waals surface area contributed by atoms with Crippen molar-refractivity contribution in [2.24, 2.45) is 5.41 Å². The predicted octanol–water partition coefficient (Wildman–Crippen LogP) is 5.85. The summed E-state index contributed by atoms with van der Waals surface area (Å²) in [6.45, 7) is 16.9. The molecule has 6 heteroatoms. The zero-order valence-corrected chi connectivity index (χ0v) is 23.9. The molecule has 0 aromatic heterocycles.